The summed E-state index contributed by atoms with van der Waals surface area (Å²) in [6.07, 6.45) is 0. The predicted molar refractivity (Wildman–Crippen MR) is 41.1 cm³/mol. The number of ether oxygens (including phenoxy) is 1. The first-order valence-corrected chi connectivity index (χ1v) is 4.68. The Hall–Kier alpha value is 0.170. The highest BCUT2D eigenvalue weighted by Crippen LogP contribution is 2.33. The normalized spacial score (nSPS) is 23.4. The van der Waals surface area contributed by atoms with Crippen LogP contribution in [-0.4, -0.2) is 29.2 Å². The molecule has 0 N–H and O–H groups in total. The van der Waals surface area contributed by atoms with E-state index in [1.165, 1.54) is 24.6 Å². The summed E-state index contributed by atoms with van der Waals surface area (Å²) in [7, 11) is 1.41. The molecule has 1 heterocycles. The maximum atomic E-state index is 10.5. The van der Waals surface area contributed by atoms with Crippen molar-refractivity contribution in [3.63, 3.8) is 0 Å². The summed E-state index contributed by atoms with van der Waals surface area (Å²) in [5, 5.41) is 0.552. The Morgan fingerprint density at radius 2 is 2.67 bits per heavy atom. The van der Waals surface area contributed by atoms with E-state index in [1.807, 2.05) is 11.8 Å². The van der Waals surface area contributed by atoms with Crippen molar-refractivity contribution in [1.29, 1.82) is 0 Å². The zero-order valence-electron chi connectivity index (χ0n) is 5.12. The SMILES string of the molecule is COC(=O)SCC1CS1. The second-order valence-electron chi connectivity index (χ2n) is 1.72. The zero-order chi connectivity index (χ0) is 6.69. The summed E-state index contributed by atoms with van der Waals surface area (Å²) < 4.78 is 4.44. The van der Waals surface area contributed by atoms with Crippen LogP contribution in [0, 0.1) is 0 Å². The van der Waals surface area contributed by atoms with Gasteiger partial charge in [-0.2, -0.15) is 11.8 Å². The standard InChI is InChI=1S/C5H8O2S2/c1-7-5(6)9-3-4-2-8-4/h4H,2-3H2,1H3. The average molecular weight is 164 g/mol. The molecule has 1 aliphatic heterocycles. The zero-order valence-corrected chi connectivity index (χ0v) is 6.76. The van der Waals surface area contributed by atoms with Crippen molar-refractivity contribution >= 4 is 28.8 Å². The monoisotopic (exact) mass is 164 g/mol. The molecule has 0 amide bonds. The fourth-order valence-corrected chi connectivity index (χ4v) is 1.93. The summed E-state index contributed by atoms with van der Waals surface area (Å²) in [5.74, 6) is 2.13. The third-order valence-corrected chi connectivity index (χ3v) is 3.11. The predicted octanol–water partition coefficient (Wildman–Crippen LogP) is 1.60. The lowest BCUT2D eigenvalue weighted by Crippen LogP contribution is -1.95. The van der Waals surface area contributed by atoms with Crippen LogP contribution in [0.25, 0.3) is 0 Å². The third kappa shape index (κ3) is 3.01. The molecule has 0 aliphatic carbocycles. The Morgan fingerprint density at radius 3 is 3.11 bits per heavy atom. The van der Waals surface area contributed by atoms with Crippen molar-refractivity contribution in [2.75, 3.05) is 18.6 Å². The molecule has 1 aliphatic rings. The molecule has 2 nitrogen and oxygen atoms in total. The first kappa shape index (κ1) is 7.28. The molecule has 0 saturated carbocycles. The average Bonchev–Trinajstić information content (AvgIpc) is 2.65. The number of rotatable bonds is 2. The minimum atomic E-state index is -0.164. The van der Waals surface area contributed by atoms with Gasteiger partial charge in [-0.05, 0) is 11.8 Å². The molecule has 1 atom stereocenters. The summed E-state index contributed by atoms with van der Waals surface area (Å²) in [4.78, 5) is 10.5. The Labute approximate surface area is 62.7 Å². The van der Waals surface area contributed by atoms with Gasteiger partial charge in [-0.25, -0.2) is 4.79 Å². The molecule has 0 spiro atoms. The number of carbonyl (C=O) groups is 1. The largest absolute Gasteiger partial charge is 0.461 e. The molecule has 0 bridgehead atoms. The maximum absolute atomic E-state index is 10.5. The van der Waals surface area contributed by atoms with Crippen molar-refractivity contribution < 1.29 is 9.53 Å². The fraction of sp³-hybridized carbons (Fsp3) is 0.800. The van der Waals surface area contributed by atoms with Crippen LogP contribution in [0.2, 0.25) is 0 Å². The Morgan fingerprint density at radius 1 is 2.00 bits per heavy atom. The molecule has 0 aromatic heterocycles. The van der Waals surface area contributed by atoms with Crippen LogP contribution >= 0.6 is 23.5 Å². The van der Waals surface area contributed by atoms with E-state index in [2.05, 4.69) is 4.74 Å². The van der Waals surface area contributed by atoms with Gasteiger partial charge in [0.1, 0.15) is 0 Å². The molecule has 52 valence electrons. The van der Waals surface area contributed by atoms with Gasteiger partial charge in [0.25, 0.3) is 0 Å². The molecule has 1 saturated heterocycles. The topological polar surface area (TPSA) is 26.3 Å². The van der Waals surface area contributed by atoms with Gasteiger partial charge in [0, 0.05) is 16.8 Å². The molecule has 1 fully saturated rings. The van der Waals surface area contributed by atoms with Gasteiger partial charge in [-0.15, -0.1) is 0 Å². The molecule has 0 aromatic rings. The molecule has 9 heavy (non-hydrogen) atoms. The van der Waals surface area contributed by atoms with Crippen molar-refractivity contribution in [1.82, 2.24) is 0 Å². The quantitative estimate of drug-likeness (QED) is 0.457. The summed E-state index contributed by atoms with van der Waals surface area (Å²) in [6, 6.07) is 0. The first-order chi connectivity index (χ1) is 4.33. The lowest BCUT2D eigenvalue weighted by atomic mass is 10.6. The second-order valence-corrected chi connectivity index (χ2v) is 4.01. The Balaban J connectivity index is 1.96. The summed E-state index contributed by atoms with van der Waals surface area (Å²) in [5.41, 5.74) is 0. The van der Waals surface area contributed by atoms with Crippen LogP contribution in [0.15, 0.2) is 0 Å². The first-order valence-electron chi connectivity index (χ1n) is 2.65. The molecular formula is C5H8O2S2. The molecule has 0 aromatic carbocycles. The molecule has 1 unspecified atom stereocenters. The number of hydrogen-bond acceptors (Lipinski definition) is 4. The lowest BCUT2D eigenvalue weighted by molar-refractivity contribution is 0.200. The van der Waals surface area contributed by atoms with Crippen LogP contribution in [0.1, 0.15) is 0 Å². The van der Waals surface area contributed by atoms with Gasteiger partial charge in [-0.1, -0.05) is 0 Å². The van der Waals surface area contributed by atoms with Gasteiger partial charge in [-0.3, -0.25) is 0 Å². The van der Waals surface area contributed by atoms with E-state index in [-0.39, 0.29) is 5.30 Å². The molecule has 4 heteroatoms. The highest BCUT2D eigenvalue weighted by molar-refractivity contribution is 8.15. The maximum Gasteiger partial charge on any atom is 0.367 e. The molecule has 0 radical (unpaired) electrons. The highest BCUT2D eigenvalue weighted by Gasteiger charge is 2.23. The number of hydrogen-bond donors (Lipinski definition) is 0. The lowest BCUT2D eigenvalue weighted by Gasteiger charge is -1.93. The van der Waals surface area contributed by atoms with Gasteiger partial charge in [0.05, 0.1) is 7.11 Å². The van der Waals surface area contributed by atoms with Crippen LogP contribution in [0.3, 0.4) is 0 Å². The van der Waals surface area contributed by atoms with Crippen LogP contribution < -0.4 is 0 Å². The molecule has 1 rings (SSSR count). The minimum Gasteiger partial charge on any atom is -0.461 e. The smallest absolute Gasteiger partial charge is 0.367 e. The van der Waals surface area contributed by atoms with Gasteiger partial charge >= 0.3 is 5.30 Å². The Kier molecular flexibility index (Phi) is 2.72. The fourth-order valence-electron chi connectivity index (χ4n) is 0.384. The summed E-state index contributed by atoms with van der Waals surface area (Å²) in [6.45, 7) is 0. The minimum absolute atomic E-state index is 0.164. The van der Waals surface area contributed by atoms with Crippen LogP contribution in [-0.2, 0) is 4.74 Å². The van der Waals surface area contributed by atoms with E-state index in [1.54, 1.807) is 0 Å². The van der Waals surface area contributed by atoms with E-state index < -0.39 is 0 Å². The van der Waals surface area contributed by atoms with E-state index in [0.717, 1.165) is 5.75 Å². The van der Waals surface area contributed by atoms with E-state index in [0.29, 0.717) is 5.25 Å². The van der Waals surface area contributed by atoms with E-state index in [4.69, 9.17) is 0 Å². The van der Waals surface area contributed by atoms with Crippen molar-refractivity contribution in [3.8, 4) is 0 Å². The van der Waals surface area contributed by atoms with Crippen LogP contribution in [0.5, 0.6) is 0 Å². The van der Waals surface area contributed by atoms with E-state index >= 15 is 0 Å². The van der Waals surface area contributed by atoms with Crippen molar-refractivity contribution in [2.24, 2.45) is 0 Å². The summed E-state index contributed by atoms with van der Waals surface area (Å²) >= 11 is 3.16. The Bertz CT molecular complexity index is 112. The van der Waals surface area contributed by atoms with E-state index in [9.17, 15) is 4.79 Å². The van der Waals surface area contributed by atoms with Gasteiger partial charge in [0.2, 0.25) is 0 Å². The number of carbonyl (C=O) groups excluding carboxylic acids is 1. The van der Waals surface area contributed by atoms with Crippen molar-refractivity contribution in [2.45, 2.75) is 5.25 Å². The molecular weight excluding hydrogens is 156 g/mol. The second kappa shape index (κ2) is 3.37. The van der Waals surface area contributed by atoms with Crippen LogP contribution in [0.4, 0.5) is 4.79 Å². The highest BCUT2D eigenvalue weighted by atomic mass is 32.2. The third-order valence-electron chi connectivity index (χ3n) is 0.956. The van der Waals surface area contributed by atoms with Crippen molar-refractivity contribution in [3.05, 3.63) is 0 Å². The van der Waals surface area contributed by atoms with Gasteiger partial charge < -0.3 is 4.74 Å². The number of methoxy groups -OCH3 is 1. The van der Waals surface area contributed by atoms with Gasteiger partial charge in [0.15, 0.2) is 0 Å². The number of thioether (sulfide) groups is 2.